The summed E-state index contributed by atoms with van der Waals surface area (Å²) in [5, 5.41) is 0. The van der Waals surface area contributed by atoms with Gasteiger partial charge in [-0.1, -0.05) is 13.8 Å². The van der Waals surface area contributed by atoms with Crippen molar-refractivity contribution >= 4 is 0 Å². The molecule has 1 unspecified atom stereocenters. The van der Waals surface area contributed by atoms with Crippen LogP contribution in [0.4, 0.5) is 0 Å². The molecule has 1 aliphatic rings. The number of nitrogens with two attached hydrogens (primary N) is 1. The van der Waals surface area contributed by atoms with Gasteiger partial charge in [-0.3, -0.25) is 0 Å². The molecule has 0 amide bonds. The Morgan fingerprint density at radius 1 is 1.50 bits per heavy atom. The summed E-state index contributed by atoms with van der Waals surface area (Å²) in [5.41, 5.74) is 8.19. The van der Waals surface area contributed by atoms with Crippen LogP contribution in [0.5, 0.6) is 0 Å². The molecule has 76 valence electrons. The highest BCUT2D eigenvalue weighted by Gasteiger charge is 2.32. The number of hydrogen-bond acceptors (Lipinski definition) is 3. The van der Waals surface area contributed by atoms with E-state index in [9.17, 15) is 0 Å². The Bertz CT molecular complexity index is 356. The average Bonchev–Trinajstić information content (AvgIpc) is 2.42. The maximum Gasteiger partial charge on any atom is 0.131 e. The minimum atomic E-state index is -0.248. The lowest BCUT2D eigenvalue weighted by Crippen LogP contribution is -2.31. The molecule has 0 fully saturated rings. The molecular weight excluding hydrogens is 174 g/mol. The number of aromatic nitrogens is 2. The zero-order chi connectivity index (χ0) is 10.3. The van der Waals surface area contributed by atoms with Gasteiger partial charge in [0.1, 0.15) is 5.82 Å². The summed E-state index contributed by atoms with van der Waals surface area (Å²) < 4.78 is 0. The second-order valence-electron chi connectivity index (χ2n) is 4.67. The van der Waals surface area contributed by atoms with Crippen molar-refractivity contribution in [3.8, 4) is 0 Å². The Labute approximate surface area is 84.8 Å². The lowest BCUT2D eigenvalue weighted by atomic mass is 10.0. The zero-order valence-electron chi connectivity index (χ0n) is 9.04. The Morgan fingerprint density at radius 2 is 2.21 bits per heavy atom. The van der Waals surface area contributed by atoms with E-state index in [-0.39, 0.29) is 5.54 Å². The van der Waals surface area contributed by atoms with Gasteiger partial charge in [-0.05, 0) is 25.3 Å². The summed E-state index contributed by atoms with van der Waals surface area (Å²) in [6, 6.07) is 0. The first-order valence-electron chi connectivity index (χ1n) is 5.16. The molecule has 1 heterocycles. The van der Waals surface area contributed by atoms with E-state index in [0.29, 0.717) is 5.92 Å². The predicted molar refractivity (Wildman–Crippen MR) is 56.0 cm³/mol. The minimum absolute atomic E-state index is 0.248. The van der Waals surface area contributed by atoms with Crippen LogP contribution in [0.15, 0.2) is 6.20 Å². The van der Waals surface area contributed by atoms with Gasteiger partial charge in [0.2, 0.25) is 0 Å². The number of rotatable bonds is 1. The maximum atomic E-state index is 6.17. The highest BCUT2D eigenvalue weighted by Crippen LogP contribution is 2.32. The molecule has 1 aromatic rings. The predicted octanol–water partition coefficient (Wildman–Crippen LogP) is 1.72. The van der Waals surface area contributed by atoms with Crippen molar-refractivity contribution in [2.24, 2.45) is 5.73 Å². The van der Waals surface area contributed by atoms with Gasteiger partial charge in [-0.2, -0.15) is 0 Å². The van der Waals surface area contributed by atoms with Crippen molar-refractivity contribution < 1.29 is 0 Å². The van der Waals surface area contributed by atoms with Gasteiger partial charge >= 0.3 is 0 Å². The van der Waals surface area contributed by atoms with E-state index in [1.54, 1.807) is 0 Å². The van der Waals surface area contributed by atoms with Crippen LogP contribution in [-0.2, 0) is 12.0 Å². The van der Waals surface area contributed by atoms with Gasteiger partial charge in [-0.25, -0.2) is 9.97 Å². The fraction of sp³-hybridized carbons (Fsp3) is 0.636. The SMILES string of the molecule is CC(C)c1ncc2c(n1)C(C)(N)CC2. The normalized spacial score (nSPS) is 25.5. The lowest BCUT2D eigenvalue weighted by molar-refractivity contribution is 0.477. The fourth-order valence-electron chi connectivity index (χ4n) is 1.89. The standard InChI is InChI=1S/C11H17N3/c1-7(2)10-13-6-8-4-5-11(3,12)9(8)14-10/h6-7H,4-5,12H2,1-3H3. The number of aryl methyl sites for hydroxylation is 1. The molecule has 0 saturated heterocycles. The van der Waals surface area contributed by atoms with Crippen molar-refractivity contribution in [2.75, 3.05) is 0 Å². The van der Waals surface area contributed by atoms with Crippen LogP contribution in [0.2, 0.25) is 0 Å². The van der Waals surface area contributed by atoms with Crippen LogP contribution in [-0.4, -0.2) is 9.97 Å². The van der Waals surface area contributed by atoms with E-state index in [1.807, 2.05) is 6.20 Å². The molecule has 0 saturated carbocycles. The largest absolute Gasteiger partial charge is 0.320 e. The van der Waals surface area contributed by atoms with Crippen LogP contribution >= 0.6 is 0 Å². The summed E-state index contributed by atoms with van der Waals surface area (Å²) in [5.74, 6) is 1.28. The van der Waals surface area contributed by atoms with E-state index >= 15 is 0 Å². The molecule has 0 radical (unpaired) electrons. The molecule has 2 rings (SSSR count). The van der Waals surface area contributed by atoms with Gasteiger partial charge in [0, 0.05) is 12.1 Å². The number of nitrogens with zero attached hydrogens (tertiary/aromatic N) is 2. The van der Waals surface area contributed by atoms with Gasteiger partial charge < -0.3 is 5.73 Å². The molecule has 0 aromatic carbocycles. The summed E-state index contributed by atoms with van der Waals surface area (Å²) in [4.78, 5) is 8.92. The topological polar surface area (TPSA) is 51.8 Å². The van der Waals surface area contributed by atoms with Crippen molar-refractivity contribution in [3.63, 3.8) is 0 Å². The molecule has 0 spiro atoms. The molecule has 1 aliphatic carbocycles. The third kappa shape index (κ3) is 1.42. The van der Waals surface area contributed by atoms with E-state index in [2.05, 4.69) is 30.7 Å². The molecule has 1 aromatic heterocycles. The van der Waals surface area contributed by atoms with Crippen molar-refractivity contribution in [2.45, 2.75) is 45.1 Å². The molecule has 0 bridgehead atoms. The van der Waals surface area contributed by atoms with Crippen molar-refractivity contribution in [3.05, 3.63) is 23.3 Å². The summed E-state index contributed by atoms with van der Waals surface area (Å²) in [6.45, 7) is 6.25. The second-order valence-corrected chi connectivity index (χ2v) is 4.67. The molecule has 2 N–H and O–H groups in total. The fourth-order valence-corrected chi connectivity index (χ4v) is 1.89. The van der Waals surface area contributed by atoms with Crippen LogP contribution in [0.25, 0.3) is 0 Å². The Kier molecular flexibility index (Phi) is 2.07. The Morgan fingerprint density at radius 3 is 2.86 bits per heavy atom. The first kappa shape index (κ1) is 9.59. The van der Waals surface area contributed by atoms with Gasteiger partial charge in [0.15, 0.2) is 0 Å². The molecule has 3 heteroatoms. The van der Waals surface area contributed by atoms with Crippen LogP contribution in [0.3, 0.4) is 0 Å². The van der Waals surface area contributed by atoms with E-state index in [1.165, 1.54) is 5.56 Å². The average molecular weight is 191 g/mol. The van der Waals surface area contributed by atoms with Crippen molar-refractivity contribution in [1.29, 1.82) is 0 Å². The molecule has 14 heavy (non-hydrogen) atoms. The Hall–Kier alpha value is -0.960. The van der Waals surface area contributed by atoms with Gasteiger partial charge in [0.25, 0.3) is 0 Å². The first-order chi connectivity index (χ1) is 6.50. The second kappa shape index (κ2) is 3.02. The third-order valence-electron chi connectivity index (χ3n) is 2.85. The van der Waals surface area contributed by atoms with Crippen LogP contribution < -0.4 is 5.73 Å². The number of fused-ring (bicyclic) bond motifs is 1. The highest BCUT2D eigenvalue weighted by molar-refractivity contribution is 5.30. The smallest absolute Gasteiger partial charge is 0.131 e. The van der Waals surface area contributed by atoms with Crippen LogP contribution in [0, 0.1) is 0 Å². The Balaban J connectivity index is 2.48. The van der Waals surface area contributed by atoms with Gasteiger partial charge in [0.05, 0.1) is 11.2 Å². The zero-order valence-corrected chi connectivity index (χ0v) is 9.04. The van der Waals surface area contributed by atoms with E-state index in [4.69, 9.17) is 5.73 Å². The van der Waals surface area contributed by atoms with E-state index < -0.39 is 0 Å². The summed E-state index contributed by atoms with van der Waals surface area (Å²) in [7, 11) is 0. The summed E-state index contributed by atoms with van der Waals surface area (Å²) in [6.07, 6.45) is 3.94. The summed E-state index contributed by atoms with van der Waals surface area (Å²) >= 11 is 0. The first-order valence-corrected chi connectivity index (χ1v) is 5.16. The third-order valence-corrected chi connectivity index (χ3v) is 2.85. The van der Waals surface area contributed by atoms with Crippen molar-refractivity contribution in [1.82, 2.24) is 9.97 Å². The van der Waals surface area contributed by atoms with E-state index in [0.717, 1.165) is 24.4 Å². The minimum Gasteiger partial charge on any atom is -0.320 e. The monoisotopic (exact) mass is 191 g/mol. The molecule has 3 nitrogen and oxygen atoms in total. The van der Waals surface area contributed by atoms with Crippen LogP contribution in [0.1, 0.15) is 50.2 Å². The van der Waals surface area contributed by atoms with Gasteiger partial charge in [-0.15, -0.1) is 0 Å². The molecule has 0 aliphatic heterocycles. The quantitative estimate of drug-likeness (QED) is 0.735. The number of hydrogen-bond donors (Lipinski definition) is 1. The molecular formula is C11H17N3. The lowest BCUT2D eigenvalue weighted by Gasteiger charge is -2.18. The molecule has 1 atom stereocenters. The maximum absolute atomic E-state index is 6.17. The highest BCUT2D eigenvalue weighted by atomic mass is 14.9.